The van der Waals surface area contributed by atoms with Gasteiger partial charge < -0.3 is 10.1 Å². The maximum atomic E-state index is 12.2. The maximum Gasteiger partial charge on any atom is 0.164 e. The molecule has 1 unspecified atom stereocenters. The van der Waals surface area contributed by atoms with Crippen molar-refractivity contribution >= 4 is 5.78 Å². The Morgan fingerprint density at radius 1 is 1.44 bits per heavy atom. The van der Waals surface area contributed by atoms with Crippen LogP contribution < -0.4 is 10.1 Å². The van der Waals surface area contributed by atoms with Gasteiger partial charge in [0.25, 0.3) is 0 Å². The van der Waals surface area contributed by atoms with E-state index >= 15 is 0 Å². The van der Waals surface area contributed by atoms with Crippen molar-refractivity contribution in [1.82, 2.24) is 5.32 Å². The number of ether oxygens (including phenoxy) is 1. The zero-order chi connectivity index (χ0) is 13.0. The summed E-state index contributed by atoms with van der Waals surface area (Å²) in [5.41, 5.74) is 1.81. The molecule has 1 fully saturated rings. The first-order valence-electron chi connectivity index (χ1n) is 6.62. The van der Waals surface area contributed by atoms with Crippen LogP contribution in [0.2, 0.25) is 0 Å². The van der Waals surface area contributed by atoms with Gasteiger partial charge in [0.1, 0.15) is 5.75 Å². The number of carbonyl (C=O) groups excluding carboxylic acids is 1. The van der Waals surface area contributed by atoms with Crippen molar-refractivity contribution < 1.29 is 9.53 Å². The fourth-order valence-corrected chi connectivity index (χ4v) is 2.49. The molecule has 1 aliphatic heterocycles. The summed E-state index contributed by atoms with van der Waals surface area (Å²) >= 11 is 0. The van der Waals surface area contributed by atoms with Crippen molar-refractivity contribution in [2.75, 3.05) is 13.7 Å². The molecular formula is C15H21NO2. The fraction of sp³-hybridized carbons (Fsp3) is 0.533. The van der Waals surface area contributed by atoms with Crippen LogP contribution in [0.15, 0.2) is 18.2 Å². The second-order valence-corrected chi connectivity index (χ2v) is 4.96. The van der Waals surface area contributed by atoms with Gasteiger partial charge in [0, 0.05) is 18.0 Å². The van der Waals surface area contributed by atoms with Gasteiger partial charge in [0.2, 0.25) is 0 Å². The lowest BCUT2D eigenvalue weighted by Gasteiger charge is -2.22. The number of benzene rings is 1. The van der Waals surface area contributed by atoms with Crippen LogP contribution in [0, 0.1) is 6.92 Å². The minimum Gasteiger partial charge on any atom is -0.496 e. The number of rotatable bonds is 4. The first kappa shape index (κ1) is 13.1. The Balaban J connectivity index is 2.01. The molecule has 1 aromatic carbocycles. The van der Waals surface area contributed by atoms with Crippen LogP contribution in [0.3, 0.4) is 0 Å². The number of piperidine rings is 1. The van der Waals surface area contributed by atoms with Gasteiger partial charge in [-0.2, -0.15) is 0 Å². The quantitative estimate of drug-likeness (QED) is 0.831. The summed E-state index contributed by atoms with van der Waals surface area (Å²) in [5, 5.41) is 3.41. The second kappa shape index (κ2) is 6.01. The molecule has 98 valence electrons. The van der Waals surface area contributed by atoms with Crippen LogP contribution >= 0.6 is 0 Å². The lowest BCUT2D eigenvalue weighted by Crippen LogP contribution is -2.35. The Labute approximate surface area is 109 Å². The van der Waals surface area contributed by atoms with E-state index in [0.717, 1.165) is 29.8 Å². The molecule has 0 aromatic heterocycles. The predicted octanol–water partition coefficient (Wildman–Crippen LogP) is 2.72. The molecule has 3 heteroatoms. The van der Waals surface area contributed by atoms with E-state index in [1.165, 1.54) is 12.8 Å². The van der Waals surface area contributed by atoms with Crippen LogP contribution in [0.1, 0.15) is 41.6 Å². The summed E-state index contributed by atoms with van der Waals surface area (Å²) < 4.78 is 5.21. The minimum atomic E-state index is 0.222. The predicted molar refractivity (Wildman–Crippen MR) is 72.3 cm³/mol. The highest BCUT2D eigenvalue weighted by Gasteiger charge is 2.17. The molecule has 1 aromatic rings. The monoisotopic (exact) mass is 247 g/mol. The van der Waals surface area contributed by atoms with Gasteiger partial charge in [-0.15, -0.1) is 0 Å². The summed E-state index contributed by atoms with van der Waals surface area (Å²) in [6.07, 6.45) is 4.17. The Morgan fingerprint density at radius 2 is 2.28 bits per heavy atom. The van der Waals surface area contributed by atoms with Crippen molar-refractivity contribution in [3.05, 3.63) is 29.3 Å². The van der Waals surface area contributed by atoms with Gasteiger partial charge in [0.05, 0.1) is 7.11 Å². The van der Waals surface area contributed by atoms with Crippen molar-refractivity contribution in [2.45, 2.75) is 38.6 Å². The normalized spacial score (nSPS) is 19.6. The SMILES string of the molecule is COc1ccc(C(=O)CC2CCCCN2)cc1C. The summed E-state index contributed by atoms with van der Waals surface area (Å²) in [5.74, 6) is 1.06. The average Bonchev–Trinajstić information content (AvgIpc) is 2.39. The molecule has 1 saturated heterocycles. The molecule has 1 atom stereocenters. The molecular weight excluding hydrogens is 226 g/mol. The molecule has 0 spiro atoms. The van der Waals surface area contributed by atoms with Gasteiger partial charge in [-0.05, 0) is 50.1 Å². The Bertz CT molecular complexity index is 423. The lowest BCUT2D eigenvalue weighted by molar-refractivity contribution is 0.0963. The van der Waals surface area contributed by atoms with Gasteiger partial charge in [0.15, 0.2) is 5.78 Å². The summed E-state index contributed by atoms with van der Waals surface area (Å²) in [4.78, 5) is 12.2. The van der Waals surface area contributed by atoms with Crippen LogP contribution in [0.5, 0.6) is 5.75 Å². The Kier molecular flexibility index (Phi) is 4.37. The van der Waals surface area contributed by atoms with Gasteiger partial charge in [-0.1, -0.05) is 6.42 Å². The number of carbonyl (C=O) groups is 1. The van der Waals surface area contributed by atoms with Gasteiger partial charge in [-0.25, -0.2) is 0 Å². The van der Waals surface area contributed by atoms with Gasteiger partial charge >= 0.3 is 0 Å². The first-order chi connectivity index (χ1) is 8.70. The van der Waals surface area contributed by atoms with Crippen molar-refractivity contribution in [3.8, 4) is 5.75 Å². The van der Waals surface area contributed by atoms with Crippen molar-refractivity contribution in [3.63, 3.8) is 0 Å². The third-order valence-electron chi connectivity index (χ3n) is 3.56. The maximum absolute atomic E-state index is 12.2. The van der Waals surface area contributed by atoms with Crippen LogP contribution in [0.25, 0.3) is 0 Å². The number of nitrogens with one attached hydrogen (secondary N) is 1. The Morgan fingerprint density at radius 3 is 2.89 bits per heavy atom. The van der Waals surface area contributed by atoms with E-state index in [1.807, 2.05) is 25.1 Å². The molecule has 2 rings (SSSR count). The zero-order valence-electron chi connectivity index (χ0n) is 11.2. The molecule has 0 aliphatic carbocycles. The standard InChI is InChI=1S/C15H21NO2/c1-11-9-12(6-7-15(11)18-2)14(17)10-13-5-3-4-8-16-13/h6-7,9,13,16H,3-5,8,10H2,1-2H3. The van der Waals surface area contributed by atoms with E-state index in [2.05, 4.69) is 5.32 Å². The third-order valence-corrected chi connectivity index (χ3v) is 3.56. The molecule has 0 amide bonds. The molecule has 3 nitrogen and oxygen atoms in total. The molecule has 0 radical (unpaired) electrons. The fourth-order valence-electron chi connectivity index (χ4n) is 2.49. The molecule has 0 bridgehead atoms. The molecule has 1 aliphatic rings. The van der Waals surface area contributed by atoms with E-state index < -0.39 is 0 Å². The topological polar surface area (TPSA) is 38.3 Å². The number of methoxy groups -OCH3 is 1. The lowest BCUT2D eigenvalue weighted by atomic mass is 9.96. The molecule has 18 heavy (non-hydrogen) atoms. The molecule has 1 N–H and O–H groups in total. The number of Topliss-reactive ketones (excluding diaryl/α,β-unsaturated/α-hetero) is 1. The number of ketones is 1. The Hall–Kier alpha value is -1.35. The summed E-state index contributed by atoms with van der Waals surface area (Å²) in [6.45, 7) is 3.01. The van der Waals surface area contributed by atoms with Crippen molar-refractivity contribution in [2.24, 2.45) is 0 Å². The summed E-state index contributed by atoms with van der Waals surface area (Å²) in [7, 11) is 1.65. The number of hydrogen-bond acceptors (Lipinski definition) is 3. The van der Waals surface area contributed by atoms with Crippen LogP contribution in [0.4, 0.5) is 0 Å². The minimum absolute atomic E-state index is 0.222. The van der Waals surface area contributed by atoms with E-state index in [1.54, 1.807) is 7.11 Å². The summed E-state index contributed by atoms with van der Waals surface area (Å²) in [6, 6.07) is 6.01. The zero-order valence-corrected chi connectivity index (χ0v) is 11.2. The number of aryl methyl sites for hydroxylation is 1. The smallest absolute Gasteiger partial charge is 0.164 e. The molecule has 1 heterocycles. The van der Waals surface area contributed by atoms with E-state index in [9.17, 15) is 4.79 Å². The molecule has 0 saturated carbocycles. The van der Waals surface area contributed by atoms with Gasteiger partial charge in [-0.3, -0.25) is 4.79 Å². The average molecular weight is 247 g/mol. The third kappa shape index (κ3) is 3.10. The van der Waals surface area contributed by atoms with Crippen LogP contribution in [-0.4, -0.2) is 25.5 Å². The highest BCUT2D eigenvalue weighted by molar-refractivity contribution is 5.96. The second-order valence-electron chi connectivity index (χ2n) is 4.96. The van der Waals surface area contributed by atoms with Crippen molar-refractivity contribution in [1.29, 1.82) is 0 Å². The van der Waals surface area contributed by atoms with E-state index in [4.69, 9.17) is 4.74 Å². The highest BCUT2D eigenvalue weighted by atomic mass is 16.5. The highest BCUT2D eigenvalue weighted by Crippen LogP contribution is 2.20. The first-order valence-corrected chi connectivity index (χ1v) is 6.62. The van der Waals surface area contributed by atoms with E-state index in [0.29, 0.717) is 12.5 Å². The number of hydrogen-bond donors (Lipinski definition) is 1. The van der Waals surface area contributed by atoms with Crippen LogP contribution in [-0.2, 0) is 0 Å². The largest absolute Gasteiger partial charge is 0.496 e. The van der Waals surface area contributed by atoms with E-state index in [-0.39, 0.29) is 5.78 Å².